The molecular formula is C50H50N4O6. The summed E-state index contributed by atoms with van der Waals surface area (Å²) in [6.07, 6.45) is 9.75. The normalized spacial score (nSPS) is 12.8. The summed E-state index contributed by atoms with van der Waals surface area (Å²) >= 11 is 0. The van der Waals surface area contributed by atoms with Gasteiger partial charge in [-0.2, -0.15) is 0 Å². The Labute approximate surface area is 350 Å². The topological polar surface area (TPSA) is 128 Å². The van der Waals surface area contributed by atoms with Crippen molar-refractivity contribution in [3.05, 3.63) is 135 Å². The van der Waals surface area contributed by atoms with Crippen LogP contribution in [0.25, 0.3) is 62.6 Å². The first kappa shape index (κ1) is 41.2. The number of ether oxygens (including phenoxy) is 4. The summed E-state index contributed by atoms with van der Waals surface area (Å²) in [5.41, 5.74) is 16.7. The molecule has 8 bridgehead atoms. The minimum Gasteiger partial charge on any atom is -0.497 e. The molecule has 0 atom stereocenters. The third-order valence-electron chi connectivity index (χ3n) is 11.4. The zero-order chi connectivity index (χ0) is 42.5. The van der Waals surface area contributed by atoms with E-state index in [2.05, 4.69) is 73.2 Å². The van der Waals surface area contributed by atoms with Gasteiger partial charge in [-0.25, -0.2) is 9.97 Å². The molecule has 2 aromatic carbocycles. The zero-order valence-corrected chi connectivity index (χ0v) is 35.4. The minimum atomic E-state index is -0.293. The Kier molecular flexibility index (Phi) is 12.3. The molecule has 10 heteroatoms. The predicted molar refractivity (Wildman–Crippen MR) is 241 cm³/mol. The van der Waals surface area contributed by atoms with Crippen molar-refractivity contribution in [3.63, 3.8) is 0 Å². The highest BCUT2D eigenvalue weighted by molar-refractivity contribution is 6.00. The van der Waals surface area contributed by atoms with Gasteiger partial charge in [-0.1, -0.05) is 48.6 Å². The standard InChI is InChI=1S/C50H50N4O6/c1-29-37(19-13-33-9-15-35(57-5)16-10-33)45-26-43-30(2)38(20-14-34-11-17-36(58-6)18-12-34)46(53-43)27-44-32(4)40(22-24-50(56)60-8)48(54-44)28-47-39(21-23-49(55)59-7)31(3)42(52-47)25-41(29)51-45/h9-20,25-28,51,54H,21-24H2,1-8H3/b19-13+,20-14+,41-25?,42-25?,43-26?,44-27?,45-26?,46-27?,47-28?,48-28?. The summed E-state index contributed by atoms with van der Waals surface area (Å²) in [5, 5.41) is 0. The van der Waals surface area contributed by atoms with Crippen LogP contribution in [0.5, 0.6) is 11.5 Å². The highest BCUT2D eigenvalue weighted by Crippen LogP contribution is 2.37. The van der Waals surface area contributed by atoms with Crippen molar-refractivity contribution in [1.82, 2.24) is 19.9 Å². The van der Waals surface area contributed by atoms with Crippen LogP contribution in [0.15, 0.2) is 78.9 Å². The number of carbonyl (C=O) groups is 2. The van der Waals surface area contributed by atoms with Crippen LogP contribution in [-0.2, 0) is 25.5 Å². The Bertz CT molecular complexity index is 2760. The molecule has 0 saturated heterocycles. The number of benzene rings is 2. The molecule has 0 saturated carbocycles. The summed E-state index contributed by atoms with van der Waals surface area (Å²) in [7, 11) is 6.13. The number of allylic oxidation sites excluding steroid dienone is 5. The highest BCUT2D eigenvalue weighted by atomic mass is 16.5. The van der Waals surface area contributed by atoms with Gasteiger partial charge in [-0.05, 0) is 134 Å². The van der Waals surface area contributed by atoms with E-state index in [-0.39, 0.29) is 24.8 Å². The van der Waals surface area contributed by atoms with Crippen LogP contribution in [0.1, 0.15) is 89.3 Å². The van der Waals surface area contributed by atoms with Gasteiger partial charge in [0, 0.05) is 46.0 Å². The largest absolute Gasteiger partial charge is 0.497 e. The first-order valence-corrected chi connectivity index (χ1v) is 19.9. The molecule has 306 valence electrons. The van der Waals surface area contributed by atoms with E-state index in [0.717, 1.165) is 112 Å². The van der Waals surface area contributed by atoms with Crippen LogP contribution in [-0.4, -0.2) is 60.3 Å². The Morgan fingerprint density at radius 2 is 1.05 bits per heavy atom. The first-order chi connectivity index (χ1) is 29.0. The maximum Gasteiger partial charge on any atom is 0.305 e. The quantitative estimate of drug-likeness (QED) is 0.119. The monoisotopic (exact) mass is 802 g/mol. The van der Waals surface area contributed by atoms with E-state index in [1.165, 1.54) is 14.2 Å². The second-order valence-electron chi connectivity index (χ2n) is 14.9. The lowest BCUT2D eigenvalue weighted by atomic mass is 10.00. The summed E-state index contributed by atoms with van der Waals surface area (Å²) in [5.74, 6) is 1.01. The molecule has 5 heterocycles. The summed E-state index contributed by atoms with van der Waals surface area (Å²) in [6, 6.07) is 24.2. The summed E-state index contributed by atoms with van der Waals surface area (Å²) in [4.78, 5) is 42.8. The fourth-order valence-corrected chi connectivity index (χ4v) is 7.66. The number of hydrogen-bond acceptors (Lipinski definition) is 8. The maximum atomic E-state index is 12.5. The molecule has 0 unspecified atom stereocenters. The van der Waals surface area contributed by atoms with Gasteiger partial charge in [0.15, 0.2) is 0 Å². The molecule has 5 aromatic rings. The molecule has 2 aliphatic heterocycles. The maximum absolute atomic E-state index is 12.5. The van der Waals surface area contributed by atoms with Crippen LogP contribution in [0.2, 0.25) is 0 Å². The van der Waals surface area contributed by atoms with Gasteiger partial charge in [0.1, 0.15) is 11.5 Å². The number of fused-ring (bicyclic) bond motifs is 8. The second kappa shape index (κ2) is 17.9. The number of hydrogen-bond donors (Lipinski definition) is 2. The smallest absolute Gasteiger partial charge is 0.305 e. The zero-order valence-electron chi connectivity index (χ0n) is 35.4. The fraction of sp³-hybridized carbons (Fsp3) is 0.240. The average Bonchev–Trinajstić information content (AvgIpc) is 3.93. The number of rotatable bonds is 12. The van der Waals surface area contributed by atoms with Gasteiger partial charge in [-0.3, -0.25) is 9.59 Å². The molecule has 2 N–H and O–H groups in total. The number of esters is 2. The van der Waals surface area contributed by atoms with Crippen molar-refractivity contribution in [2.45, 2.75) is 53.4 Å². The molecule has 0 amide bonds. The minimum absolute atomic E-state index is 0.208. The van der Waals surface area contributed by atoms with Gasteiger partial charge in [0.2, 0.25) is 0 Å². The number of aromatic amines is 2. The van der Waals surface area contributed by atoms with Gasteiger partial charge >= 0.3 is 11.9 Å². The summed E-state index contributed by atoms with van der Waals surface area (Å²) < 4.78 is 20.8. The van der Waals surface area contributed by atoms with Crippen LogP contribution >= 0.6 is 0 Å². The lowest BCUT2D eigenvalue weighted by Crippen LogP contribution is -2.02. The van der Waals surface area contributed by atoms with Gasteiger partial charge in [-0.15, -0.1) is 0 Å². The number of aromatic nitrogens is 4. The van der Waals surface area contributed by atoms with E-state index >= 15 is 0 Å². The fourth-order valence-electron chi connectivity index (χ4n) is 7.66. The van der Waals surface area contributed by atoms with Crippen molar-refractivity contribution >= 4 is 74.5 Å². The summed E-state index contributed by atoms with van der Waals surface area (Å²) in [6.45, 7) is 8.31. The molecular weight excluding hydrogens is 753 g/mol. The number of nitrogens with zero attached hydrogens (tertiary/aromatic N) is 2. The molecule has 0 radical (unpaired) electrons. The molecule has 0 spiro atoms. The molecule has 2 aliphatic rings. The molecule has 0 fully saturated rings. The average molecular weight is 803 g/mol. The van der Waals surface area contributed by atoms with Gasteiger partial charge < -0.3 is 28.9 Å². The van der Waals surface area contributed by atoms with Crippen molar-refractivity contribution < 1.29 is 28.5 Å². The predicted octanol–water partition coefficient (Wildman–Crippen LogP) is 10.8. The number of carbonyl (C=O) groups excluding carboxylic acids is 2. The molecule has 7 rings (SSSR count). The van der Waals surface area contributed by atoms with Crippen LogP contribution < -0.4 is 9.47 Å². The number of aryl methyl sites for hydroxylation is 3. The van der Waals surface area contributed by atoms with Crippen LogP contribution in [0, 0.1) is 13.8 Å². The molecule has 3 aromatic heterocycles. The molecule has 10 nitrogen and oxygen atoms in total. The Morgan fingerprint density at radius 3 is 1.67 bits per heavy atom. The van der Waals surface area contributed by atoms with Crippen molar-refractivity contribution in [3.8, 4) is 11.5 Å². The van der Waals surface area contributed by atoms with Crippen LogP contribution in [0.4, 0.5) is 0 Å². The number of methoxy groups -OCH3 is 4. The Hall–Kier alpha value is -6.94. The Balaban J connectivity index is 1.52. The van der Waals surface area contributed by atoms with E-state index in [1.807, 2.05) is 61.5 Å². The third kappa shape index (κ3) is 8.73. The SMILES string of the molecule is COC(=O)CCC1=C(C)c2cc3[nH]c(cc4nc(cc5[nH]c(cc1n2)c(CCC(=O)OC)c5C)C(/C=C/c1ccc(OC)cc1)=C4C)c(/C=C/c1ccc(OC)cc1)c3C. The second-order valence-corrected chi connectivity index (χ2v) is 14.9. The lowest BCUT2D eigenvalue weighted by molar-refractivity contribution is -0.141. The third-order valence-corrected chi connectivity index (χ3v) is 11.4. The van der Waals surface area contributed by atoms with E-state index in [0.29, 0.717) is 12.8 Å². The van der Waals surface area contributed by atoms with E-state index < -0.39 is 0 Å². The van der Waals surface area contributed by atoms with Crippen molar-refractivity contribution in [1.29, 1.82) is 0 Å². The van der Waals surface area contributed by atoms with Gasteiger partial charge in [0.05, 0.1) is 51.2 Å². The number of nitrogens with one attached hydrogen (secondary N) is 2. The highest BCUT2D eigenvalue weighted by Gasteiger charge is 2.21. The van der Waals surface area contributed by atoms with E-state index in [1.54, 1.807) is 14.2 Å². The first-order valence-electron chi connectivity index (χ1n) is 19.9. The number of H-pyrrole nitrogens is 2. The van der Waals surface area contributed by atoms with E-state index in [9.17, 15) is 9.59 Å². The Morgan fingerprint density at radius 1 is 0.550 bits per heavy atom. The van der Waals surface area contributed by atoms with Crippen molar-refractivity contribution in [2.24, 2.45) is 0 Å². The molecule has 0 aliphatic carbocycles. The lowest BCUT2D eigenvalue weighted by Gasteiger charge is -2.04. The van der Waals surface area contributed by atoms with Gasteiger partial charge in [0.25, 0.3) is 0 Å². The van der Waals surface area contributed by atoms with E-state index in [4.69, 9.17) is 28.9 Å². The molecule has 60 heavy (non-hydrogen) atoms. The van der Waals surface area contributed by atoms with Crippen molar-refractivity contribution in [2.75, 3.05) is 28.4 Å². The van der Waals surface area contributed by atoms with Crippen LogP contribution in [0.3, 0.4) is 0 Å².